The molecule has 2 nitrogen and oxygen atoms in total. The van der Waals surface area contributed by atoms with Gasteiger partial charge in [0.15, 0.2) is 6.34 Å². The molecular weight excluding hydrogens is 124 g/mol. The van der Waals surface area contributed by atoms with Crippen molar-refractivity contribution in [2.45, 2.75) is 13.3 Å². The van der Waals surface area contributed by atoms with Crippen molar-refractivity contribution < 1.29 is 4.48 Å². The van der Waals surface area contributed by atoms with E-state index in [2.05, 4.69) is 18.5 Å². The Morgan fingerprint density at radius 2 is 2.50 bits per heavy atom. The van der Waals surface area contributed by atoms with Crippen LogP contribution in [0.5, 0.6) is 0 Å². The van der Waals surface area contributed by atoms with E-state index in [1.165, 1.54) is 0 Å². The highest BCUT2D eigenvalue weighted by molar-refractivity contribution is 5.51. The van der Waals surface area contributed by atoms with Crippen LogP contribution in [-0.4, -0.2) is 17.4 Å². The molecule has 1 atom stereocenters. The summed E-state index contributed by atoms with van der Waals surface area (Å²) >= 11 is 0. The minimum absolute atomic E-state index is 0.705. The van der Waals surface area contributed by atoms with E-state index in [1.807, 2.05) is 24.9 Å². The summed E-state index contributed by atoms with van der Waals surface area (Å²) in [6.07, 6.45) is 8.79. The molecule has 0 radical (unpaired) electrons. The third-order valence-corrected chi connectivity index (χ3v) is 1.66. The van der Waals surface area contributed by atoms with Crippen LogP contribution in [0, 0.1) is 0 Å². The number of hydrogen-bond acceptors (Lipinski definition) is 1. The lowest BCUT2D eigenvalue weighted by Crippen LogP contribution is -2.33. The Morgan fingerprint density at radius 1 is 1.70 bits per heavy atom. The van der Waals surface area contributed by atoms with Crippen LogP contribution >= 0.6 is 0 Å². The Bertz CT molecular complexity index is 168. The molecule has 10 heavy (non-hydrogen) atoms. The van der Waals surface area contributed by atoms with E-state index in [1.54, 1.807) is 0 Å². The van der Waals surface area contributed by atoms with Gasteiger partial charge in [-0.05, 0) is 13.0 Å². The number of quaternary nitrogens is 1. The van der Waals surface area contributed by atoms with Gasteiger partial charge in [-0.3, -0.25) is 0 Å². The summed E-state index contributed by atoms with van der Waals surface area (Å²) in [5.41, 5.74) is 0. The molecule has 0 N–H and O–H groups in total. The van der Waals surface area contributed by atoms with Crippen molar-refractivity contribution in [1.82, 2.24) is 0 Å². The fraction of sp³-hybridized carbons (Fsp3) is 0.375. The predicted molar refractivity (Wildman–Crippen MR) is 43.2 cm³/mol. The standard InChI is InChI=1S/C8H13N2/c1-3-6-10(4-2)7-5-9-8-10/h4-5,7-8H,2-3,6H2,1H3/q+1. The topological polar surface area (TPSA) is 12.4 Å². The lowest BCUT2D eigenvalue weighted by Gasteiger charge is -2.20. The van der Waals surface area contributed by atoms with E-state index < -0.39 is 0 Å². The number of hydrogen-bond donors (Lipinski definition) is 0. The van der Waals surface area contributed by atoms with E-state index in [9.17, 15) is 0 Å². The molecule has 0 saturated heterocycles. The Morgan fingerprint density at radius 3 is 2.90 bits per heavy atom. The molecular formula is C8H13N2+. The van der Waals surface area contributed by atoms with Gasteiger partial charge in [0.05, 0.1) is 18.9 Å². The zero-order valence-corrected chi connectivity index (χ0v) is 6.33. The van der Waals surface area contributed by atoms with Crippen molar-refractivity contribution in [2.75, 3.05) is 6.54 Å². The van der Waals surface area contributed by atoms with Crippen molar-refractivity contribution in [2.24, 2.45) is 4.99 Å². The molecule has 0 aromatic heterocycles. The summed E-state index contributed by atoms with van der Waals surface area (Å²) in [4.78, 5) is 4.02. The summed E-state index contributed by atoms with van der Waals surface area (Å²) in [7, 11) is 0. The highest BCUT2D eigenvalue weighted by Gasteiger charge is 2.20. The van der Waals surface area contributed by atoms with Gasteiger partial charge >= 0.3 is 0 Å². The molecule has 0 bridgehead atoms. The average molecular weight is 137 g/mol. The number of rotatable bonds is 3. The Hall–Kier alpha value is -0.890. The van der Waals surface area contributed by atoms with Crippen LogP contribution in [0.25, 0.3) is 0 Å². The van der Waals surface area contributed by atoms with Gasteiger partial charge in [-0.15, -0.1) is 0 Å². The average Bonchev–Trinajstić information content (AvgIpc) is 2.39. The second kappa shape index (κ2) is 2.80. The first-order valence-electron chi connectivity index (χ1n) is 3.56. The zero-order chi connectivity index (χ0) is 7.45. The fourth-order valence-electron chi connectivity index (χ4n) is 1.08. The van der Waals surface area contributed by atoms with E-state index in [0.717, 1.165) is 13.0 Å². The highest BCUT2D eigenvalue weighted by atomic mass is 15.4. The molecule has 0 aromatic rings. The van der Waals surface area contributed by atoms with Crippen molar-refractivity contribution in [1.29, 1.82) is 0 Å². The first-order valence-corrected chi connectivity index (χ1v) is 3.56. The molecule has 1 aliphatic rings. The molecule has 0 aromatic carbocycles. The number of nitrogens with zero attached hydrogens (tertiary/aromatic N) is 2. The van der Waals surface area contributed by atoms with Gasteiger partial charge in [-0.25, -0.2) is 9.48 Å². The van der Waals surface area contributed by atoms with E-state index >= 15 is 0 Å². The van der Waals surface area contributed by atoms with Crippen LogP contribution in [0.4, 0.5) is 0 Å². The maximum absolute atomic E-state index is 4.02. The van der Waals surface area contributed by atoms with Crippen molar-refractivity contribution >= 4 is 6.34 Å². The normalized spacial score (nSPS) is 29.3. The van der Waals surface area contributed by atoms with Crippen LogP contribution in [-0.2, 0) is 0 Å². The van der Waals surface area contributed by atoms with Gasteiger partial charge in [-0.1, -0.05) is 6.92 Å². The molecule has 0 saturated carbocycles. The fourth-order valence-corrected chi connectivity index (χ4v) is 1.08. The maximum Gasteiger partial charge on any atom is 0.199 e. The van der Waals surface area contributed by atoms with Gasteiger partial charge < -0.3 is 0 Å². The molecule has 54 valence electrons. The molecule has 1 heterocycles. The summed E-state index contributed by atoms with van der Waals surface area (Å²) in [6, 6.07) is 0. The second-order valence-electron chi connectivity index (χ2n) is 2.46. The minimum Gasteiger partial charge on any atom is -0.228 e. The summed E-state index contributed by atoms with van der Waals surface area (Å²) < 4.78 is 0.705. The third kappa shape index (κ3) is 1.16. The summed E-state index contributed by atoms with van der Waals surface area (Å²) in [5.74, 6) is 0. The van der Waals surface area contributed by atoms with Gasteiger partial charge in [0.2, 0.25) is 0 Å². The monoisotopic (exact) mass is 137 g/mol. The molecule has 1 unspecified atom stereocenters. The Labute approximate surface area is 61.8 Å². The largest absolute Gasteiger partial charge is 0.228 e. The first-order chi connectivity index (χ1) is 4.83. The quantitative estimate of drug-likeness (QED) is 0.526. The summed E-state index contributed by atoms with van der Waals surface area (Å²) in [5, 5.41) is 0. The molecule has 0 spiro atoms. The van der Waals surface area contributed by atoms with Crippen LogP contribution in [0.1, 0.15) is 13.3 Å². The van der Waals surface area contributed by atoms with E-state index in [4.69, 9.17) is 0 Å². The number of aliphatic imine (C=N–C) groups is 1. The minimum atomic E-state index is 0.705. The molecule has 0 amide bonds. The van der Waals surface area contributed by atoms with Crippen molar-refractivity contribution in [3.8, 4) is 0 Å². The van der Waals surface area contributed by atoms with Crippen LogP contribution in [0.15, 0.2) is 30.2 Å². The molecule has 1 rings (SSSR count). The van der Waals surface area contributed by atoms with Crippen molar-refractivity contribution in [3.05, 3.63) is 25.2 Å². The predicted octanol–water partition coefficient (Wildman–Crippen LogP) is 1.87. The highest BCUT2D eigenvalue weighted by Crippen LogP contribution is 2.11. The molecule has 1 aliphatic heterocycles. The Balaban J connectivity index is 2.69. The van der Waals surface area contributed by atoms with Crippen LogP contribution in [0.2, 0.25) is 0 Å². The zero-order valence-electron chi connectivity index (χ0n) is 6.33. The third-order valence-electron chi connectivity index (χ3n) is 1.66. The van der Waals surface area contributed by atoms with Gasteiger partial charge in [-0.2, -0.15) is 0 Å². The lowest BCUT2D eigenvalue weighted by molar-refractivity contribution is -0.721. The molecule has 2 heteroatoms. The SMILES string of the molecule is C=C[N+]1(CCC)C=CN=C1. The van der Waals surface area contributed by atoms with Crippen molar-refractivity contribution in [3.63, 3.8) is 0 Å². The molecule has 0 fully saturated rings. The lowest BCUT2D eigenvalue weighted by atomic mass is 10.4. The van der Waals surface area contributed by atoms with E-state index in [0.29, 0.717) is 4.48 Å². The smallest absolute Gasteiger partial charge is 0.199 e. The van der Waals surface area contributed by atoms with Crippen LogP contribution in [0.3, 0.4) is 0 Å². The second-order valence-corrected chi connectivity index (χ2v) is 2.46. The molecule has 0 aliphatic carbocycles. The van der Waals surface area contributed by atoms with Gasteiger partial charge in [0.1, 0.15) is 6.20 Å². The van der Waals surface area contributed by atoms with Gasteiger partial charge in [0, 0.05) is 0 Å². The van der Waals surface area contributed by atoms with Gasteiger partial charge in [0.25, 0.3) is 0 Å². The maximum atomic E-state index is 4.02. The first kappa shape index (κ1) is 7.22. The summed E-state index contributed by atoms with van der Waals surface area (Å²) in [6.45, 7) is 6.98. The Kier molecular flexibility index (Phi) is 2.02. The van der Waals surface area contributed by atoms with Crippen LogP contribution < -0.4 is 0 Å². The van der Waals surface area contributed by atoms with E-state index in [-0.39, 0.29) is 0 Å².